The van der Waals surface area contributed by atoms with Crippen LogP contribution in [0.25, 0.3) is 0 Å². The Morgan fingerprint density at radius 2 is 0.951 bits per heavy atom. The fourth-order valence-electron chi connectivity index (χ4n) is 5.69. The molecule has 0 aromatic carbocycles. The summed E-state index contributed by atoms with van der Waals surface area (Å²) < 4.78 is 26.9. The van der Waals surface area contributed by atoms with Crippen molar-refractivity contribution in [3.63, 3.8) is 0 Å². The summed E-state index contributed by atoms with van der Waals surface area (Å²) in [4.78, 5) is 34.0. The number of carbonyl (C=O) groups excluding carboxylic acids is 2. The highest BCUT2D eigenvalue weighted by molar-refractivity contribution is 7.47. The van der Waals surface area contributed by atoms with Crippen molar-refractivity contribution < 1.29 is 37.9 Å². The van der Waals surface area contributed by atoms with Crippen molar-refractivity contribution in [2.75, 3.05) is 26.4 Å². The van der Waals surface area contributed by atoms with Crippen LogP contribution < -0.4 is 5.32 Å². The number of phosphoric acid groups is 1. The zero-order chi connectivity index (χ0) is 44.6. The van der Waals surface area contributed by atoms with Gasteiger partial charge in [-0.25, -0.2) is 4.57 Å². The van der Waals surface area contributed by atoms with Gasteiger partial charge in [0.25, 0.3) is 0 Å². The van der Waals surface area contributed by atoms with E-state index in [-0.39, 0.29) is 32.1 Å². The number of aliphatic hydroxyl groups excluding tert-OH is 1. The van der Waals surface area contributed by atoms with Gasteiger partial charge in [0.2, 0.25) is 5.91 Å². The third-order valence-corrected chi connectivity index (χ3v) is 10.2. The van der Waals surface area contributed by atoms with Crippen molar-refractivity contribution in [2.45, 2.75) is 174 Å². The molecule has 0 aromatic heterocycles. The van der Waals surface area contributed by atoms with E-state index in [0.29, 0.717) is 12.8 Å². The lowest BCUT2D eigenvalue weighted by atomic mass is 10.1. The smallest absolute Gasteiger partial charge is 0.463 e. The summed E-state index contributed by atoms with van der Waals surface area (Å²) in [6.45, 7) is 3.31. The molecule has 0 spiro atoms. The molecule has 346 valence electrons. The maximum Gasteiger partial charge on any atom is 0.472 e. The zero-order valence-electron chi connectivity index (χ0n) is 38.1. The van der Waals surface area contributed by atoms with E-state index in [1.165, 1.54) is 51.4 Å². The van der Waals surface area contributed by atoms with Crippen LogP contribution in [0, 0.1) is 0 Å². The summed E-state index contributed by atoms with van der Waals surface area (Å²) in [5.74, 6) is -0.596. The molecule has 2 unspecified atom stereocenters. The molecule has 9 nitrogen and oxygen atoms in total. The molecule has 0 aliphatic rings. The molecule has 61 heavy (non-hydrogen) atoms. The molecule has 0 saturated heterocycles. The van der Waals surface area contributed by atoms with Crippen molar-refractivity contribution in [3.05, 3.63) is 109 Å². The minimum absolute atomic E-state index is 0.0615. The number of ether oxygens (including phenoxy) is 1. The Labute approximate surface area is 371 Å². The summed E-state index contributed by atoms with van der Waals surface area (Å²) in [6.07, 6.45) is 61.7. The molecule has 0 rings (SSSR count). The van der Waals surface area contributed by atoms with E-state index in [1.807, 2.05) is 6.08 Å². The summed E-state index contributed by atoms with van der Waals surface area (Å²) in [6, 6.07) is 0. The van der Waals surface area contributed by atoms with E-state index in [9.17, 15) is 24.2 Å². The quantitative estimate of drug-likeness (QED) is 0.0239. The Bertz CT molecular complexity index is 1360. The largest absolute Gasteiger partial charge is 0.472 e. The SMILES string of the molecule is CC/C=C\C/C=C\C/C=C\C/C=C\C/C=C\CCCC(=O)OCC(O)COP(=O)(O)OCCNC(=O)CCCCCCCCC/C=C\C/C=C\C/C=C\C/C=C\CCCCC. The van der Waals surface area contributed by atoms with Crippen LogP contribution in [-0.4, -0.2) is 54.3 Å². The van der Waals surface area contributed by atoms with Crippen LogP contribution in [0.2, 0.25) is 0 Å². The third-order valence-electron chi connectivity index (χ3n) is 9.19. The number of allylic oxidation sites excluding steroid dienone is 18. The first-order valence-electron chi connectivity index (χ1n) is 23.4. The maximum atomic E-state index is 12.1. The minimum Gasteiger partial charge on any atom is -0.463 e. The number of nitrogens with one attached hydrogen (secondary N) is 1. The highest BCUT2D eigenvalue weighted by Gasteiger charge is 2.23. The van der Waals surface area contributed by atoms with Crippen LogP contribution in [0.5, 0.6) is 0 Å². The van der Waals surface area contributed by atoms with Crippen molar-refractivity contribution in [2.24, 2.45) is 0 Å². The Hall–Kier alpha value is -3.33. The Morgan fingerprint density at radius 1 is 0.525 bits per heavy atom. The predicted molar refractivity (Wildman–Crippen MR) is 256 cm³/mol. The number of rotatable bonds is 42. The number of aliphatic hydroxyl groups is 1. The average Bonchev–Trinajstić information content (AvgIpc) is 3.25. The molecule has 0 bridgehead atoms. The Balaban J connectivity index is 3.70. The molecule has 10 heteroatoms. The molecule has 2 atom stereocenters. The van der Waals surface area contributed by atoms with Gasteiger partial charge in [-0.15, -0.1) is 0 Å². The molecule has 3 N–H and O–H groups in total. The molecule has 0 fully saturated rings. The van der Waals surface area contributed by atoms with Crippen LogP contribution in [0.15, 0.2) is 109 Å². The highest BCUT2D eigenvalue weighted by Crippen LogP contribution is 2.42. The van der Waals surface area contributed by atoms with Crippen molar-refractivity contribution in [3.8, 4) is 0 Å². The molecule has 0 aliphatic carbocycles. The second-order valence-electron chi connectivity index (χ2n) is 15.0. The first kappa shape index (κ1) is 57.7. The lowest BCUT2D eigenvalue weighted by Gasteiger charge is -2.15. The van der Waals surface area contributed by atoms with Crippen molar-refractivity contribution >= 4 is 19.7 Å². The van der Waals surface area contributed by atoms with E-state index in [1.54, 1.807) is 0 Å². The fourth-order valence-corrected chi connectivity index (χ4v) is 6.45. The molecule has 0 aliphatic heterocycles. The van der Waals surface area contributed by atoms with Crippen LogP contribution >= 0.6 is 7.82 Å². The van der Waals surface area contributed by atoms with E-state index < -0.39 is 26.5 Å². The van der Waals surface area contributed by atoms with Crippen LogP contribution in [0.1, 0.15) is 168 Å². The van der Waals surface area contributed by atoms with E-state index in [4.69, 9.17) is 13.8 Å². The lowest BCUT2D eigenvalue weighted by Crippen LogP contribution is -2.27. The van der Waals surface area contributed by atoms with E-state index >= 15 is 0 Å². The van der Waals surface area contributed by atoms with Crippen LogP contribution in [0.3, 0.4) is 0 Å². The topological polar surface area (TPSA) is 131 Å². The van der Waals surface area contributed by atoms with Gasteiger partial charge in [-0.2, -0.15) is 0 Å². The number of hydrogen-bond donors (Lipinski definition) is 3. The average molecular weight is 870 g/mol. The number of phosphoric ester groups is 1. The molecule has 1 amide bonds. The van der Waals surface area contributed by atoms with Gasteiger partial charge in [-0.1, -0.05) is 168 Å². The molecule has 0 heterocycles. The molecule has 0 saturated carbocycles. The summed E-state index contributed by atoms with van der Waals surface area (Å²) in [7, 11) is -4.44. The lowest BCUT2D eigenvalue weighted by molar-refractivity contribution is -0.147. The van der Waals surface area contributed by atoms with Crippen molar-refractivity contribution in [1.29, 1.82) is 0 Å². The van der Waals surface area contributed by atoms with Crippen LogP contribution in [0.4, 0.5) is 0 Å². The van der Waals surface area contributed by atoms with Gasteiger partial charge in [0, 0.05) is 19.4 Å². The standard InChI is InChI=1S/C51H84NO8P/c1-3-5-7-9-11-13-15-17-19-21-22-23-24-25-26-28-29-31-33-35-37-39-41-43-50(54)52-45-46-59-61(56,57)60-48-49(53)47-58-51(55)44-42-40-38-36-34-32-30-27-20-18-16-14-12-10-8-6-4-2/h6,8,11-14,17-20,22-23,25-26,30,32,36,38,49,53H,3-5,7,9-10,15-16,21,24,27-29,31,33-35,37,39-48H2,1-2H3,(H,52,54)(H,56,57)/b8-6-,13-11-,14-12-,19-17-,20-18-,23-22-,26-25-,32-30-,38-36-. The van der Waals surface area contributed by atoms with Gasteiger partial charge in [0.05, 0.1) is 13.2 Å². The van der Waals surface area contributed by atoms with Gasteiger partial charge in [0.1, 0.15) is 12.7 Å². The number of amides is 1. The van der Waals surface area contributed by atoms with Crippen LogP contribution in [-0.2, 0) is 27.9 Å². The Morgan fingerprint density at radius 3 is 1.44 bits per heavy atom. The van der Waals surface area contributed by atoms with Gasteiger partial charge < -0.3 is 20.1 Å². The zero-order valence-corrected chi connectivity index (χ0v) is 39.0. The normalized spacial score (nSPS) is 14.2. The Kier molecular flexibility index (Phi) is 43.7. The molecule has 0 radical (unpaired) electrons. The summed E-state index contributed by atoms with van der Waals surface area (Å²) in [5.41, 5.74) is 0. The molecular formula is C51H84NO8P. The third kappa shape index (κ3) is 47.6. The maximum absolute atomic E-state index is 12.1. The molecular weight excluding hydrogens is 786 g/mol. The number of esters is 1. The van der Waals surface area contributed by atoms with Gasteiger partial charge in [0.15, 0.2) is 0 Å². The van der Waals surface area contributed by atoms with Gasteiger partial charge >= 0.3 is 13.8 Å². The minimum atomic E-state index is -4.44. The van der Waals surface area contributed by atoms with Gasteiger partial charge in [-0.05, 0) is 96.3 Å². The number of hydrogen-bond acceptors (Lipinski definition) is 7. The highest BCUT2D eigenvalue weighted by atomic mass is 31.2. The first-order valence-corrected chi connectivity index (χ1v) is 24.9. The van der Waals surface area contributed by atoms with E-state index in [2.05, 4.69) is 122 Å². The van der Waals surface area contributed by atoms with Gasteiger partial charge in [-0.3, -0.25) is 18.6 Å². The predicted octanol–water partition coefficient (Wildman–Crippen LogP) is 13.5. The second kappa shape index (κ2) is 46.2. The summed E-state index contributed by atoms with van der Waals surface area (Å²) in [5, 5.41) is 12.7. The monoisotopic (exact) mass is 870 g/mol. The number of carbonyl (C=O) groups is 2. The van der Waals surface area contributed by atoms with Crippen molar-refractivity contribution in [1.82, 2.24) is 5.32 Å². The number of unbranched alkanes of at least 4 members (excludes halogenated alkanes) is 11. The second-order valence-corrected chi connectivity index (χ2v) is 16.4. The van der Waals surface area contributed by atoms with E-state index in [0.717, 1.165) is 83.5 Å². The molecule has 0 aromatic rings. The first-order chi connectivity index (χ1) is 29.8. The summed E-state index contributed by atoms with van der Waals surface area (Å²) >= 11 is 0. The fraction of sp³-hybridized carbons (Fsp3) is 0.608.